The smallest absolute Gasteiger partial charge is 0.310 e. The van der Waals surface area contributed by atoms with Crippen molar-refractivity contribution in [1.29, 1.82) is 0 Å². The highest BCUT2D eigenvalue weighted by atomic mass is 16.6. The monoisotopic (exact) mass is 863 g/mol. The van der Waals surface area contributed by atoms with Gasteiger partial charge in [-0.1, -0.05) is 202 Å². The first kappa shape index (κ1) is 58.6. The fraction of sp³-hybridized carbons (Fsp3) is 0.696. The topological polar surface area (TPSA) is 78.9 Å². The SMILES string of the molecule is CC/C=C\C/C=C\C/C=C\C/C=C\C/C=C\CC(=O)OC(COC(=O)CCCCCCC/C=C\CCCCCC)COC(=O)CCCCCCC/C=C\CCCCCCCCC. The Balaban J connectivity index is 4.53. The van der Waals surface area contributed by atoms with Gasteiger partial charge in [-0.2, -0.15) is 0 Å². The van der Waals surface area contributed by atoms with E-state index >= 15 is 0 Å². The van der Waals surface area contributed by atoms with Crippen LogP contribution in [0.1, 0.15) is 233 Å². The fourth-order valence-corrected chi connectivity index (χ4v) is 6.80. The summed E-state index contributed by atoms with van der Waals surface area (Å²) in [6.45, 7) is 6.40. The van der Waals surface area contributed by atoms with E-state index in [0.717, 1.165) is 96.3 Å². The van der Waals surface area contributed by atoms with Crippen LogP contribution in [0.2, 0.25) is 0 Å². The number of rotatable bonds is 45. The maximum Gasteiger partial charge on any atom is 0.310 e. The molecule has 0 saturated carbocycles. The van der Waals surface area contributed by atoms with Gasteiger partial charge >= 0.3 is 17.9 Å². The lowest BCUT2D eigenvalue weighted by atomic mass is 10.1. The number of hydrogen-bond acceptors (Lipinski definition) is 6. The number of carbonyl (C=O) groups excluding carboxylic acids is 3. The van der Waals surface area contributed by atoms with Gasteiger partial charge in [-0.25, -0.2) is 0 Å². The van der Waals surface area contributed by atoms with Gasteiger partial charge in [0.05, 0.1) is 6.42 Å². The Labute approximate surface area is 382 Å². The Morgan fingerprint density at radius 1 is 0.355 bits per heavy atom. The molecule has 0 N–H and O–H groups in total. The lowest BCUT2D eigenvalue weighted by Gasteiger charge is -2.18. The van der Waals surface area contributed by atoms with Crippen LogP contribution in [0.15, 0.2) is 85.1 Å². The lowest BCUT2D eigenvalue weighted by Crippen LogP contribution is -2.30. The normalized spacial score (nSPS) is 12.8. The van der Waals surface area contributed by atoms with Crippen molar-refractivity contribution in [3.05, 3.63) is 85.1 Å². The third-order valence-electron chi connectivity index (χ3n) is 10.6. The first-order valence-electron chi connectivity index (χ1n) is 25.6. The number of hydrogen-bond donors (Lipinski definition) is 0. The summed E-state index contributed by atoms with van der Waals surface area (Å²) < 4.78 is 16.7. The molecular formula is C56H94O6. The van der Waals surface area contributed by atoms with Crippen molar-refractivity contribution in [2.75, 3.05) is 13.2 Å². The molecule has 0 radical (unpaired) electrons. The summed E-state index contributed by atoms with van der Waals surface area (Å²) in [5.74, 6) is -1.07. The van der Waals surface area contributed by atoms with Crippen molar-refractivity contribution in [2.45, 2.75) is 239 Å². The van der Waals surface area contributed by atoms with Crippen LogP contribution in [0.3, 0.4) is 0 Å². The second kappa shape index (κ2) is 50.2. The van der Waals surface area contributed by atoms with Crippen molar-refractivity contribution in [1.82, 2.24) is 0 Å². The maximum atomic E-state index is 12.7. The van der Waals surface area contributed by atoms with Gasteiger partial charge in [0.15, 0.2) is 6.10 Å². The van der Waals surface area contributed by atoms with Gasteiger partial charge in [0.25, 0.3) is 0 Å². The highest BCUT2D eigenvalue weighted by Gasteiger charge is 2.19. The third-order valence-corrected chi connectivity index (χ3v) is 10.6. The van der Waals surface area contributed by atoms with E-state index in [4.69, 9.17) is 14.2 Å². The molecule has 6 heteroatoms. The largest absolute Gasteiger partial charge is 0.462 e. The summed E-state index contributed by atoms with van der Waals surface area (Å²) in [6.07, 6.45) is 64.5. The van der Waals surface area contributed by atoms with Crippen molar-refractivity contribution in [3.63, 3.8) is 0 Å². The lowest BCUT2D eigenvalue weighted by molar-refractivity contribution is -0.166. The van der Waals surface area contributed by atoms with Crippen molar-refractivity contribution < 1.29 is 28.6 Å². The molecule has 0 aromatic heterocycles. The van der Waals surface area contributed by atoms with Gasteiger partial charge in [0.2, 0.25) is 0 Å². The molecule has 1 unspecified atom stereocenters. The summed E-state index contributed by atoms with van der Waals surface area (Å²) >= 11 is 0. The molecule has 0 aliphatic carbocycles. The molecule has 0 aliphatic rings. The zero-order chi connectivity index (χ0) is 45.1. The van der Waals surface area contributed by atoms with Gasteiger partial charge < -0.3 is 14.2 Å². The minimum atomic E-state index is -0.836. The highest BCUT2D eigenvalue weighted by molar-refractivity contribution is 5.72. The molecule has 0 saturated heterocycles. The van der Waals surface area contributed by atoms with E-state index in [2.05, 4.69) is 93.7 Å². The molecule has 0 aromatic carbocycles. The number of esters is 3. The van der Waals surface area contributed by atoms with E-state index in [0.29, 0.717) is 12.8 Å². The Hall–Kier alpha value is -3.41. The molecular weight excluding hydrogens is 769 g/mol. The van der Waals surface area contributed by atoms with Crippen LogP contribution in [0.25, 0.3) is 0 Å². The molecule has 0 aliphatic heterocycles. The molecule has 62 heavy (non-hydrogen) atoms. The number of allylic oxidation sites excluding steroid dienone is 13. The van der Waals surface area contributed by atoms with Gasteiger partial charge in [-0.15, -0.1) is 0 Å². The summed E-state index contributed by atoms with van der Waals surface area (Å²) in [4.78, 5) is 37.9. The Morgan fingerprint density at radius 2 is 0.677 bits per heavy atom. The van der Waals surface area contributed by atoms with Crippen LogP contribution in [-0.2, 0) is 28.6 Å². The molecule has 0 bridgehead atoms. The molecule has 0 amide bonds. The predicted molar refractivity (Wildman–Crippen MR) is 265 cm³/mol. The van der Waals surface area contributed by atoms with Gasteiger partial charge in [-0.05, 0) is 96.3 Å². The molecule has 1 atom stereocenters. The zero-order valence-corrected chi connectivity index (χ0v) is 40.4. The maximum absolute atomic E-state index is 12.7. The van der Waals surface area contributed by atoms with Gasteiger partial charge in [-0.3, -0.25) is 14.4 Å². The minimum Gasteiger partial charge on any atom is -0.462 e. The molecule has 0 rings (SSSR count). The van der Waals surface area contributed by atoms with Crippen LogP contribution in [0.5, 0.6) is 0 Å². The van der Waals surface area contributed by atoms with E-state index in [-0.39, 0.29) is 31.6 Å². The molecule has 0 fully saturated rings. The average molecular weight is 863 g/mol. The number of unbranched alkanes of at least 4 members (excludes halogenated alkanes) is 21. The average Bonchev–Trinajstić information content (AvgIpc) is 3.27. The van der Waals surface area contributed by atoms with E-state index < -0.39 is 12.1 Å². The Bertz CT molecular complexity index is 1220. The summed E-state index contributed by atoms with van der Waals surface area (Å²) in [7, 11) is 0. The standard InChI is InChI=1S/C56H94O6/c1-4-7-10-13-16-19-22-25-27-29-31-34-37-40-43-46-49-55(58)61-52-53(51-60-54(57)48-45-42-39-36-33-30-24-21-18-15-12-9-6-3)62-56(59)50-47-44-41-38-35-32-28-26-23-20-17-14-11-8-5-2/h8,11,17,20-21,24,26-29,35,38,44,47,53H,4-7,9-10,12-16,18-19,22-23,25,30-34,36-37,39-43,45-46,48-52H2,1-3H3/b11-8-,20-17-,24-21-,28-26-,29-27-,38-35-,47-44-. The van der Waals surface area contributed by atoms with Crippen molar-refractivity contribution in [2.24, 2.45) is 0 Å². The van der Waals surface area contributed by atoms with E-state index in [1.165, 1.54) is 96.3 Å². The third kappa shape index (κ3) is 47.6. The van der Waals surface area contributed by atoms with Gasteiger partial charge in [0.1, 0.15) is 13.2 Å². The van der Waals surface area contributed by atoms with Crippen LogP contribution in [0.4, 0.5) is 0 Å². The van der Waals surface area contributed by atoms with Crippen LogP contribution in [0, 0.1) is 0 Å². The van der Waals surface area contributed by atoms with Crippen LogP contribution in [-0.4, -0.2) is 37.2 Å². The van der Waals surface area contributed by atoms with E-state index in [1.54, 1.807) is 6.08 Å². The molecule has 0 heterocycles. The molecule has 0 aromatic rings. The second-order valence-corrected chi connectivity index (χ2v) is 16.7. The molecule has 0 spiro atoms. The zero-order valence-electron chi connectivity index (χ0n) is 40.4. The van der Waals surface area contributed by atoms with Crippen molar-refractivity contribution in [3.8, 4) is 0 Å². The molecule has 6 nitrogen and oxygen atoms in total. The number of carbonyl (C=O) groups is 3. The summed E-state index contributed by atoms with van der Waals surface area (Å²) in [6, 6.07) is 0. The summed E-state index contributed by atoms with van der Waals surface area (Å²) in [5, 5.41) is 0. The van der Waals surface area contributed by atoms with Crippen LogP contribution < -0.4 is 0 Å². The summed E-state index contributed by atoms with van der Waals surface area (Å²) in [5.41, 5.74) is 0. The van der Waals surface area contributed by atoms with Gasteiger partial charge in [0, 0.05) is 12.8 Å². The number of ether oxygens (including phenoxy) is 3. The quantitative estimate of drug-likeness (QED) is 0.0263. The van der Waals surface area contributed by atoms with E-state index in [9.17, 15) is 14.4 Å². The first-order valence-corrected chi connectivity index (χ1v) is 25.6. The minimum absolute atomic E-state index is 0.0929. The van der Waals surface area contributed by atoms with Crippen LogP contribution >= 0.6 is 0 Å². The highest BCUT2D eigenvalue weighted by Crippen LogP contribution is 2.13. The predicted octanol–water partition coefficient (Wildman–Crippen LogP) is 16.8. The first-order chi connectivity index (χ1) is 30.5. The second-order valence-electron chi connectivity index (χ2n) is 16.7. The Kier molecular flexibility index (Phi) is 47.5. The van der Waals surface area contributed by atoms with E-state index in [1.807, 2.05) is 6.08 Å². The Morgan fingerprint density at radius 3 is 1.06 bits per heavy atom. The molecule has 354 valence electrons. The fourth-order valence-electron chi connectivity index (χ4n) is 6.80. The van der Waals surface area contributed by atoms with Crippen molar-refractivity contribution >= 4 is 17.9 Å².